The fourth-order valence-electron chi connectivity index (χ4n) is 1.34. The Bertz CT molecular complexity index is 403. The van der Waals surface area contributed by atoms with E-state index in [2.05, 4.69) is 20.8 Å². The van der Waals surface area contributed by atoms with Crippen LogP contribution in [0.15, 0.2) is 0 Å². The van der Waals surface area contributed by atoms with Gasteiger partial charge in [0, 0.05) is 6.42 Å². The number of hydrogen-bond donors (Lipinski definition) is 2. The number of hydrogen-bond acceptors (Lipinski definition) is 6. The Balaban J connectivity index is 2.00. The van der Waals surface area contributed by atoms with Crippen LogP contribution in [0.3, 0.4) is 0 Å². The normalized spacial score (nSPS) is 21.3. The van der Waals surface area contributed by atoms with Gasteiger partial charge in [-0.1, -0.05) is 11.3 Å². The number of aryl methyl sites for hydroxylation is 1. The molecule has 1 fully saturated rings. The number of nitrogens with one attached hydrogen (secondary N) is 2. The van der Waals surface area contributed by atoms with E-state index in [0.717, 1.165) is 5.01 Å². The number of carbonyl (C=O) groups is 2. The molecule has 1 aliphatic rings. The van der Waals surface area contributed by atoms with Crippen molar-refractivity contribution in [2.75, 3.05) is 5.32 Å². The SMILES string of the molecule is Cc1nnc(NC2CCC(=O)NC2=O)s1. The predicted octanol–water partition coefficient (Wildman–Crippen LogP) is 0.0636. The lowest BCUT2D eigenvalue weighted by molar-refractivity contribution is -0.133. The van der Waals surface area contributed by atoms with E-state index in [-0.39, 0.29) is 17.9 Å². The number of amides is 2. The van der Waals surface area contributed by atoms with E-state index in [1.54, 1.807) is 0 Å². The summed E-state index contributed by atoms with van der Waals surface area (Å²) in [6.07, 6.45) is 0.866. The lowest BCUT2D eigenvalue weighted by atomic mass is 10.1. The lowest BCUT2D eigenvalue weighted by Gasteiger charge is -2.20. The Labute approximate surface area is 90.1 Å². The van der Waals surface area contributed by atoms with Gasteiger partial charge in [-0.25, -0.2) is 0 Å². The number of rotatable bonds is 2. The van der Waals surface area contributed by atoms with Gasteiger partial charge < -0.3 is 5.32 Å². The molecule has 6 nitrogen and oxygen atoms in total. The highest BCUT2D eigenvalue weighted by Gasteiger charge is 2.26. The highest BCUT2D eigenvalue weighted by atomic mass is 32.1. The van der Waals surface area contributed by atoms with E-state index in [9.17, 15) is 9.59 Å². The Morgan fingerprint density at radius 3 is 2.87 bits per heavy atom. The van der Waals surface area contributed by atoms with Crippen molar-refractivity contribution in [1.82, 2.24) is 15.5 Å². The molecule has 1 atom stereocenters. The van der Waals surface area contributed by atoms with Gasteiger partial charge in [0.15, 0.2) is 0 Å². The molecule has 0 spiro atoms. The average molecular weight is 226 g/mol. The molecule has 1 aromatic heterocycles. The predicted molar refractivity (Wildman–Crippen MR) is 54.4 cm³/mol. The van der Waals surface area contributed by atoms with Crippen LogP contribution < -0.4 is 10.6 Å². The first-order chi connectivity index (χ1) is 7.15. The summed E-state index contributed by atoms with van der Waals surface area (Å²) in [6, 6.07) is -0.380. The largest absolute Gasteiger partial charge is 0.348 e. The minimum atomic E-state index is -0.380. The second-order valence-electron chi connectivity index (χ2n) is 3.27. The molecule has 2 heterocycles. The van der Waals surface area contributed by atoms with Crippen LogP contribution in [0.25, 0.3) is 0 Å². The van der Waals surface area contributed by atoms with E-state index in [1.165, 1.54) is 11.3 Å². The highest BCUT2D eigenvalue weighted by molar-refractivity contribution is 7.15. The summed E-state index contributed by atoms with van der Waals surface area (Å²) >= 11 is 1.39. The number of piperidine rings is 1. The monoisotopic (exact) mass is 226 g/mol. The highest BCUT2D eigenvalue weighted by Crippen LogP contribution is 2.17. The molecular formula is C8H10N4O2S. The van der Waals surface area contributed by atoms with Crippen LogP contribution in [0.5, 0.6) is 0 Å². The number of nitrogens with zero attached hydrogens (tertiary/aromatic N) is 2. The van der Waals surface area contributed by atoms with Gasteiger partial charge in [-0.05, 0) is 13.3 Å². The van der Waals surface area contributed by atoms with Crippen molar-refractivity contribution in [3.63, 3.8) is 0 Å². The van der Waals surface area contributed by atoms with Crippen LogP contribution in [0.1, 0.15) is 17.8 Å². The topological polar surface area (TPSA) is 84.0 Å². The molecule has 80 valence electrons. The molecule has 15 heavy (non-hydrogen) atoms. The maximum atomic E-state index is 11.4. The molecule has 1 aromatic rings. The Kier molecular flexibility index (Phi) is 2.63. The van der Waals surface area contributed by atoms with Crippen LogP contribution in [0.2, 0.25) is 0 Å². The minimum absolute atomic E-state index is 0.216. The van der Waals surface area contributed by atoms with E-state index >= 15 is 0 Å². The van der Waals surface area contributed by atoms with Crippen LogP contribution in [0.4, 0.5) is 5.13 Å². The third kappa shape index (κ3) is 2.30. The third-order valence-corrected chi connectivity index (χ3v) is 2.83. The van der Waals surface area contributed by atoms with Crippen molar-refractivity contribution in [2.45, 2.75) is 25.8 Å². The summed E-state index contributed by atoms with van der Waals surface area (Å²) in [5, 5.41) is 14.4. The first kappa shape index (κ1) is 10.0. The van der Waals surface area contributed by atoms with Crippen LogP contribution in [-0.4, -0.2) is 28.1 Å². The van der Waals surface area contributed by atoms with Crippen molar-refractivity contribution >= 4 is 28.3 Å². The first-order valence-electron chi connectivity index (χ1n) is 4.55. The molecule has 1 unspecified atom stereocenters. The molecule has 0 saturated carbocycles. The van der Waals surface area contributed by atoms with Crippen molar-refractivity contribution in [2.24, 2.45) is 0 Å². The summed E-state index contributed by atoms with van der Waals surface area (Å²) < 4.78 is 0. The molecule has 1 aliphatic heterocycles. The minimum Gasteiger partial charge on any atom is -0.348 e. The smallest absolute Gasteiger partial charge is 0.249 e. The summed E-state index contributed by atoms with van der Waals surface area (Å²) in [5.41, 5.74) is 0. The van der Waals surface area contributed by atoms with Gasteiger partial charge in [0.2, 0.25) is 16.9 Å². The molecule has 0 aliphatic carbocycles. The van der Waals surface area contributed by atoms with Gasteiger partial charge in [0.1, 0.15) is 11.0 Å². The van der Waals surface area contributed by atoms with Gasteiger partial charge >= 0.3 is 0 Å². The second kappa shape index (κ2) is 3.93. The average Bonchev–Trinajstić information content (AvgIpc) is 2.56. The van der Waals surface area contributed by atoms with Gasteiger partial charge in [0.05, 0.1) is 0 Å². The number of aromatic nitrogens is 2. The van der Waals surface area contributed by atoms with Crippen molar-refractivity contribution in [3.8, 4) is 0 Å². The molecule has 2 rings (SSSR count). The maximum absolute atomic E-state index is 11.4. The zero-order valence-corrected chi connectivity index (χ0v) is 8.93. The molecule has 1 saturated heterocycles. The maximum Gasteiger partial charge on any atom is 0.249 e. The standard InChI is InChI=1S/C8H10N4O2S/c1-4-11-12-8(15-4)9-5-2-3-6(13)10-7(5)14/h5H,2-3H2,1H3,(H,9,12)(H,10,13,14). The zero-order chi connectivity index (χ0) is 10.8. The van der Waals surface area contributed by atoms with E-state index in [1.807, 2.05) is 6.92 Å². The molecule has 0 aromatic carbocycles. The van der Waals surface area contributed by atoms with Crippen LogP contribution in [0, 0.1) is 6.92 Å². The third-order valence-electron chi connectivity index (χ3n) is 2.06. The van der Waals surface area contributed by atoms with Crippen molar-refractivity contribution in [1.29, 1.82) is 0 Å². The van der Waals surface area contributed by atoms with Gasteiger partial charge in [-0.2, -0.15) is 0 Å². The lowest BCUT2D eigenvalue weighted by Crippen LogP contribution is -2.47. The van der Waals surface area contributed by atoms with Gasteiger partial charge in [0.25, 0.3) is 0 Å². The quantitative estimate of drug-likeness (QED) is 0.697. The first-order valence-corrected chi connectivity index (χ1v) is 5.37. The Morgan fingerprint density at radius 1 is 1.47 bits per heavy atom. The Hall–Kier alpha value is -1.50. The van der Waals surface area contributed by atoms with E-state index < -0.39 is 0 Å². The van der Waals surface area contributed by atoms with Crippen LogP contribution in [-0.2, 0) is 9.59 Å². The van der Waals surface area contributed by atoms with Crippen LogP contribution >= 0.6 is 11.3 Å². The molecular weight excluding hydrogens is 216 g/mol. The molecule has 7 heteroatoms. The van der Waals surface area contributed by atoms with Crippen molar-refractivity contribution in [3.05, 3.63) is 5.01 Å². The van der Waals surface area contributed by atoms with Crippen molar-refractivity contribution < 1.29 is 9.59 Å². The molecule has 2 N–H and O–H groups in total. The summed E-state index contributed by atoms with van der Waals surface area (Å²) in [6.45, 7) is 1.84. The summed E-state index contributed by atoms with van der Waals surface area (Å²) in [5.74, 6) is -0.509. The van der Waals surface area contributed by atoms with E-state index in [0.29, 0.717) is 18.0 Å². The number of carbonyl (C=O) groups excluding carboxylic acids is 2. The number of anilines is 1. The fraction of sp³-hybridized carbons (Fsp3) is 0.500. The molecule has 0 radical (unpaired) electrons. The second-order valence-corrected chi connectivity index (χ2v) is 4.46. The zero-order valence-electron chi connectivity index (χ0n) is 8.11. The van der Waals surface area contributed by atoms with Gasteiger partial charge in [-0.15, -0.1) is 10.2 Å². The summed E-state index contributed by atoms with van der Waals surface area (Å²) in [4.78, 5) is 22.3. The molecule has 2 amide bonds. The summed E-state index contributed by atoms with van der Waals surface area (Å²) in [7, 11) is 0. The van der Waals surface area contributed by atoms with Gasteiger partial charge in [-0.3, -0.25) is 14.9 Å². The fourth-order valence-corrected chi connectivity index (χ4v) is 1.98. The Morgan fingerprint density at radius 2 is 2.27 bits per heavy atom. The number of imide groups is 1. The van der Waals surface area contributed by atoms with E-state index in [4.69, 9.17) is 0 Å². The molecule has 0 bridgehead atoms.